The zero-order valence-corrected chi connectivity index (χ0v) is 19.3. The van der Waals surface area contributed by atoms with E-state index < -0.39 is 42.0 Å². The molecule has 0 radical (unpaired) electrons. The van der Waals surface area contributed by atoms with Crippen molar-refractivity contribution in [2.75, 3.05) is 6.61 Å². The van der Waals surface area contributed by atoms with Crippen LogP contribution >= 0.6 is 0 Å². The Balaban J connectivity index is 2.09. The molecule has 0 amide bonds. The number of esters is 2. The summed E-state index contributed by atoms with van der Waals surface area (Å²) >= 11 is 0. The Kier molecular flexibility index (Phi) is 13.7. The largest absolute Gasteiger partial charge is 0.505 e. The summed E-state index contributed by atoms with van der Waals surface area (Å²) in [6.45, 7) is 1.12. The van der Waals surface area contributed by atoms with E-state index in [0.717, 1.165) is 38.5 Å². The average molecular weight is 457 g/mol. The fourth-order valence-electron chi connectivity index (χ4n) is 3.51. The Morgan fingerprint density at radius 3 is 2.00 bits per heavy atom. The van der Waals surface area contributed by atoms with E-state index >= 15 is 0 Å². The van der Waals surface area contributed by atoms with Crippen molar-refractivity contribution in [3.05, 3.63) is 23.7 Å². The fourth-order valence-corrected chi connectivity index (χ4v) is 3.51. The average Bonchev–Trinajstić information content (AvgIpc) is 3.04. The smallest absolute Gasteiger partial charge is 0.378 e. The van der Waals surface area contributed by atoms with Crippen LogP contribution in [0.3, 0.4) is 0 Å². The molecule has 32 heavy (non-hydrogen) atoms. The van der Waals surface area contributed by atoms with Crippen LogP contribution in [-0.4, -0.2) is 50.9 Å². The maximum atomic E-state index is 12.0. The molecule has 0 spiro atoms. The van der Waals surface area contributed by atoms with Crippen molar-refractivity contribution in [2.24, 2.45) is 0 Å². The maximum Gasteiger partial charge on any atom is 0.378 e. The highest BCUT2D eigenvalue weighted by Gasteiger charge is 2.51. The fraction of sp³-hybridized carbons (Fsp3) is 0.750. The van der Waals surface area contributed by atoms with E-state index in [0.29, 0.717) is 6.42 Å². The number of allylic oxidation sites excluding steroid dienone is 2. The minimum absolute atomic E-state index is 0.0115. The van der Waals surface area contributed by atoms with Gasteiger partial charge in [-0.15, -0.1) is 0 Å². The Morgan fingerprint density at radius 1 is 0.969 bits per heavy atom. The van der Waals surface area contributed by atoms with Gasteiger partial charge in [-0.3, -0.25) is 4.79 Å². The van der Waals surface area contributed by atoms with Crippen molar-refractivity contribution in [1.29, 1.82) is 0 Å². The normalized spacial score (nSPS) is 18.2. The molecule has 1 aliphatic heterocycles. The second-order valence-corrected chi connectivity index (χ2v) is 8.33. The summed E-state index contributed by atoms with van der Waals surface area (Å²) in [5.74, 6) is -6.79. The van der Waals surface area contributed by atoms with Crippen LogP contribution in [0.25, 0.3) is 0 Å². The van der Waals surface area contributed by atoms with E-state index in [4.69, 9.17) is 4.74 Å². The molecule has 0 saturated carbocycles. The Morgan fingerprint density at radius 2 is 1.50 bits per heavy atom. The van der Waals surface area contributed by atoms with Gasteiger partial charge in [-0.2, -0.15) is 0 Å². The van der Waals surface area contributed by atoms with E-state index in [2.05, 4.69) is 23.8 Å². The van der Waals surface area contributed by atoms with Crippen LogP contribution in [-0.2, 0) is 19.1 Å². The molecule has 1 heterocycles. The Hall–Kier alpha value is -2.06. The van der Waals surface area contributed by atoms with Crippen LogP contribution in [0.4, 0.5) is 0 Å². The highest BCUT2D eigenvalue weighted by molar-refractivity contribution is 5.89. The molecule has 184 valence electrons. The van der Waals surface area contributed by atoms with E-state index in [1.54, 1.807) is 0 Å². The van der Waals surface area contributed by atoms with Crippen LogP contribution in [0.2, 0.25) is 0 Å². The van der Waals surface area contributed by atoms with Gasteiger partial charge in [0.1, 0.15) is 6.61 Å². The van der Waals surface area contributed by atoms with Crippen molar-refractivity contribution in [1.82, 2.24) is 0 Å². The van der Waals surface area contributed by atoms with E-state index in [1.165, 1.54) is 38.5 Å². The number of hydrogen-bond acceptors (Lipinski definition) is 8. The lowest BCUT2D eigenvalue weighted by atomic mass is 10.1. The van der Waals surface area contributed by atoms with Crippen molar-refractivity contribution in [3.63, 3.8) is 0 Å². The van der Waals surface area contributed by atoms with Gasteiger partial charge in [0.15, 0.2) is 5.76 Å². The number of unbranched alkanes of at least 4 members (excludes halogenated alkanes) is 11. The number of rotatable bonds is 18. The second-order valence-electron chi connectivity index (χ2n) is 8.33. The molecule has 0 saturated heterocycles. The summed E-state index contributed by atoms with van der Waals surface area (Å²) in [5, 5.41) is 38.5. The van der Waals surface area contributed by atoms with Gasteiger partial charge in [0.2, 0.25) is 11.9 Å². The quantitative estimate of drug-likeness (QED) is 0.102. The predicted molar refractivity (Wildman–Crippen MR) is 120 cm³/mol. The topological polar surface area (TPSA) is 134 Å². The summed E-state index contributed by atoms with van der Waals surface area (Å²) < 4.78 is 9.40. The van der Waals surface area contributed by atoms with Gasteiger partial charge in [-0.1, -0.05) is 70.4 Å². The summed E-state index contributed by atoms with van der Waals surface area (Å²) in [4.78, 5) is 23.2. The summed E-state index contributed by atoms with van der Waals surface area (Å²) in [6.07, 6.45) is 17.3. The van der Waals surface area contributed by atoms with Crippen molar-refractivity contribution in [2.45, 2.75) is 109 Å². The van der Waals surface area contributed by atoms with Crippen molar-refractivity contribution >= 4 is 11.9 Å². The molecule has 1 rings (SSSR count). The number of ether oxygens (including phenoxy) is 2. The molecule has 0 aliphatic carbocycles. The van der Waals surface area contributed by atoms with E-state index in [9.17, 15) is 30.0 Å². The second kappa shape index (κ2) is 15.7. The number of aliphatic hydroxyl groups is 4. The zero-order valence-electron chi connectivity index (χ0n) is 19.3. The molecule has 0 unspecified atom stereocenters. The summed E-state index contributed by atoms with van der Waals surface area (Å²) in [6, 6.07) is 0. The standard InChI is InChI=1S/C24H40O8/c1-2-3-4-5-6-7-8-9-10-11-12-13-14-15-16-17-19(26)32-24(30,18-25)22-20(27)21(28)23(29)31-22/h9-10,22,25,27-28,30H,2-8,11-18H2,1H3/b10-9+/t22-,24+/m0/s1. The Labute approximate surface area is 190 Å². The monoisotopic (exact) mass is 456 g/mol. The van der Waals surface area contributed by atoms with Crippen LogP contribution in [0.5, 0.6) is 0 Å². The van der Waals surface area contributed by atoms with Crippen molar-refractivity contribution < 1.29 is 39.5 Å². The molecular weight excluding hydrogens is 416 g/mol. The molecule has 4 N–H and O–H groups in total. The summed E-state index contributed by atoms with van der Waals surface area (Å²) in [7, 11) is 0. The lowest BCUT2D eigenvalue weighted by Crippen LogP contribution is -2.50. The van der Waals surface area contributed by atoms with Gasteiger partial charge in [-0.05, 0) is 32.1 Å². The third-order valence-corrected chi connectivity index (χ3v) is 5.48. The number of carbonyl (C=O) groups is 2. The highest BCUT2D eigenvalue weighted by Crippen LogP contribution is 2.29. The van der Waals surface area contributed by atoms with Gasteiger partial charge < -0.3 is 29.9 Å². The molecule has 0 aromatic carbocycles. The minimum atomic E-state index is -2.65. The first-order valence-corrected chi connectivity index (χ1v) is 11.9. The predicted octanol–water partition coefficient (Wildman–Crippen LogP) is 4.50. The maximum absolute atomic E-state index is 12.0. The first kappa shape index (κ1) is 28.0. The van der Waals surface area contributed by atoms with Gasteiger partial charge in [0.25, 0.3) is 5.79 Å². The third-order valence-electron chi connectivity index (χ3n) is 5.48. The molecule has 0 aromatic heterocycles. The molecule has 0 aromatic rings. The van der Waals surface area contributed by atoms with Crippen LogP contribution in [0.15, 0.2) is 23.7 Å². The highest BCUT2D eigenvalue weighted by atomic mass is 16.7. The number of carbonyl (C=O) groups excluding carboxylic acids is 2. The SMILES string of the molecule is CCCCCCCC/C=C/CCCCCCCC(=O)O[C@](O)(CO)[C@H]1OC(=O)C(O)=C1O. The third kappa shape index (κ3) is 10.0. The number of cyclic esters (lactones) is 1. The van der Waals surface area contributed by atoms with Crippen LogP contribution in [0, 0.1) is 0 Å². The molecule has 8 nitrogen and oxygen atoms in total. The molecule has 8 heteroatoms. The minimum Gasteiger partial charge on any atom is -0.505 e. The summed E-state index contributed by atoms with van der Waals surface area (Å²) in [5.41, 5.74) is 0. The van der Waals surface area contributed by atoms with Crippen LogP contribution < -0.4 is 0 Å². The van der Waals surface area contributed by atoms with E-state index in [1.807, 2.05) is 0 Å². The number of aliphatic hydroxyl groups excluding tert-OH is 3. The molecule has 0 fully saturated rings. The molecule has 0 bridgehead atoms. The first-order chi connectivity index (χ1) is 15.4. The van der Waals surface area contributed by atoms with Gasteiger partial charge in [-0.25, -0.2) is 4.79 Å². The lowest BCUT2D eigenvalue weighted by molar-refractivity contribution is -0.259. The molecule has 1 aliphatic rings. The van der Waals surface area contributed by atoms with Gasteiger partial charge >= 0.3 is 11.9 Å². The van der Waals surface area contributed by atoms with Crippen molar-refractivity contribution in [3.8, 4) is 0 Å². The molecule has 2 atom stereocenters. The van der Waals surface area contributed by atoms with Gasteiger partial charge in [0.05, 0.1) is 0 Å². The van der Waals surface area contributed by atoms with Crippen LogP contribution in [0.1, 0.15) is 96.8 Å². The molecular formula is C24H40O8. The first-order valence-electron chi connectivity index (χ1n) is 11.9. The Bertz CT molecular complexity index is 627. The number of hydrogen-bond donors (Lipinski definition) is 4. The lowest BCUT2D eigenvalue weighted by Gasteiger charge is -2.29. The van der Waals surface area contributed by atoms with Gasteiger partial charge in [0, 0.05) is 6.42 Å². The zero-order chi connectivity index (χ0) is 23.8. The van der Waals surface area contributed by atoms with E-state index in [-0.39, 0.29) is 6.42 Å².